The van der Waals surface area contributed by atoms with Gasteiger partial charge in [0.25, 0.3) is 5.91 Å². The van der Waals surface area contributed by atoms with Gasteiger partial charge in [-0.1, -0.05) is 17.8 Å². The van der Waals surface area contributed by atoms with Crippen molar-refractivity contribution in [2.45, 2.75) is 5.25 Å². The minimum absolute atomic E-state index is 0.0155. The number of pyridine rings is 1. The van der Waals surface area contributed by atoms with Gasteiger partial charge < -0.3 is 4.74 Å². The first-order valence-corrected chi connectivity index (χ1v) is 9.24. The number of rotatable bonds is 6. The number of hydrazone groups is 1. The SMILES string of the molecule is C=CCN1C(=O)[C@H](CN2CCOCC2)S/C1=N\NC(=O)c1ccncc1. The highest BCUT2D eigenvalue weighted by molar-refractivity contribution is 8.15. The quantitative estimate of drug-likeness (QED) is 0.577. The molecule has 0 bridgehead atoms. The van der Waals surface area contributed by atoms with Crippen molar-refractivity contribution < 1.29 is 14.3 Å². The van der Waals surface area contributed by atoms with Crippen LogP contribution in [0.5, 0.6) is 0 Å². The van der Waals surface area contributed by atoms with Gasteiger partial charge >= 0.3 is 0 Å². The number of ether oxygens (including phenoxy) is 1. The van der Waals surface area contributed by atoms with Gasteiger partial charge in [-0.25, -0.2) is 5.43 Å². The third-order valence-electron chi connectivity index (χ3n) is 4.06. The zero-order valence-corrected chi connectivity index (χ0v) is 15.2. The number of carbonyl (C=O) groups is 2. The lowest BCUT2D eigenvalue weighted by Gasteiger charge is -2.27. The molecule has 3 heterocycles. The van der Waals surface area contributed by atoms with Gasteiger partial charge in [-0.15, -0.1) is 11.7 Å². The van der Waals surface area contributed by atoms with E-state index >= 15 is 0 Å². The van der Waals surface area contributed by atoms with E-state index in [2.05, 4.69) is 27.0 Å². The fraction of sp³-hybridized carbons (Fsp3) is 0.412. The molecule has 0 aromatic carbocycles. The summed E-state index contributed by atoms with van der Waals surface area (Å²) in [7, 11) is 0. The zero-order chi connectivity index (χ0) is 18.4. The molecular weight excluding hydrogens is 354 g/mol. The van der Waals surface area contributed by atoms with Crippen LogP contribution in [0.2, 0.25) is 0 Å². The molecule has 0 aliphatic carbocycles. The average molecular weight is 375 g/mol. The van der Waals surface area contributed by atoms with Gasteiger partial charge in [0.15, 0.2) is 5.17 Å². The van der Waals surface area contributed by atoms with Crippen molar-refractivity contribution in [1.29, 1.82) is 0 Å². The monoisotopic (exact) mass is 375 g/mol. The fourth-order valence-corrected chi connectivity index (χ4v) is 3.85. The number of morpholine rings is 1. The van der Waals surface area contributed by atoms with Gasteiger partial charge in [-0.2, -0.15) is 0 Å². The second kappa shape index (κ2) is 8.93. The van der Waals surface area contributed by atoms with Crippen molar-refractivity contribution in [3.63, 3.8) is 0 Å². The van der Waals surface area contributed by atoms with Gasteiger partial charge in [0.05, 0.1) is 13.2 Å². The van der Waals surface area contributed by atoms with Crippen molar-refractivity contribution in [2.24, 2.45) is 5.10 Å². The van der Waals surface area contributed by atoms with Crippen LogP contribution >= 0.6 is 11.8 Å². The van der Waals surface area contributed by atoms with Gasteiger partial charge in [0.2, 0.25) is 5.91 Å². The molecule has 26 heavy (non-hydrogen) atoms. The molecule has 1 aromatic rings. The highest BCUT2D eigenvalue weighted by atomic mass is 32.2. The summed E-state index contributed by atoms with van der Waals surface area (Å²) in [5.74, 6) is -0.360. The Morgan fingerprint density at radius 1 is 1.42 bits per heavy atom. The molecule has 8 nitrogen and oxygen atoms in total. The summed E-state index contributed by atoms with van der Waals surface area (Å²) < 4.78 is 5.35. The van der Waals surface area contributed by atoms with E-state index in [9.17, 15) is 9.59 Å². The van der Waals surface area contributed by atoms with E-state index < -0.39 is 0 Å². The Hall–Kier alpha value is -2.23. The van der Waals surface area contributed by atoms with Crippen LogP contribution in [0.15, 0.2) is 42.3 Å². The summed E-state index contributed by atoms with van der Waals surface area (Å²) in [6, 6.07) is 3.20. The molecule has 1 atom stereocenters. The minimum Gasteiger partial charge on any atom is -0.379 e. The molecule has 0 unspecified atom stereocenters. The first kappa shape index (κ1) is 18.6. The van der Waals surface area contributed by atoms with Crippen LogP contribution in [-0.4, -0.2) is 76.4 Å². The Labute approximate surface area is 156 Å². The highest BCUT2D eigenvalue weighted by Gasteiger charge is 2.38. The predicted octanol–water partition coefficient (Wildman–Crippen LogP) is 0.545. The fourth-order valence-electron chi connectivity index (χ4n) is 2.69. The molecule has 1 aromatic heterocycles. The maximum absolute atomic E-state index is 12.7. The summed E-state index contributed by atoms with van der Waals surface area (Å²) in [5, 5.41) is 4.40. The maximum Gasteiger partial charge on any atom is 0.271 e. The van der Waals surface area contributed by atoms with Crippen LogP contribution in [0.4, 0.5) is 0 Å². The van der Waals surface area contributed by atoms with E-state index in [0.717, 1.165) is 13.1 Å². The van der Waals surface area contributed by atoms with E-state index in [1.165, 1.54) is 24.2 Å². The molecule has 0 saturated carbocycles. The number of hydrogen-bond acceptors (Lipinski definition) is 7. The molecule has 2 aliphatic heterocycles. The zero-order valence-electron chi connectivity index (χ0n) is 14.3. The molecule has 0 spiro atoms. The molecule has 2 saturated heterocycles. The molecule has 2 amide bonds. The van der Waals surface area contributed by atoms with Gasteiger partial charge in [0.1, 0.15) is 5.25 Å². The lowest BCUT2D eigenvalue weighted by molar-refractivity contribution is -0.126. The number of nitrogens with one attached hydrogen (secondary N) is 1. The van der Waals surface area contributed by atoms with Crippen LogP contribution in [0.25, 0.3) is 0 Å². The third-order valence-corrected chi connectivity index (χ3v) is 5.21. The second-order valence-electron chi connectivity index (χ2n) is 5.83. The number of carbonyl (C=O) groups excluding carboxylic acids is 2. The van der Waals surface area contributed by atoms with Crippen molar-refractivity contribution in [1.82, 2.24) is 20.2 Å². The van der Waals surface area contributed by atoms with Gasteiger partial charge in [0, 0.05) is 44.1 Å². The molecule has 2 aliphatic rings. The number of nitrogens with zero attached hydrogens (tertiary/aromatic N) is 4. The first-order valence-electron chi connectivity index (χ1n) is 8.36. The van der Waals surface area contributed by atoms with E-state index in [-0.39, 0.29) is 17.1 Å². The molecule has 1 N–H and O–H groups in total. The third kappa shape index (κ3) is 4.48. The molecule has 138 valence electrons. The Morgan fingerprint density at radius 3 is 2.85 bits per heavy atom. The van der Waals surface area contributed by atoms with Crippen LogP contribution in [-0.2, 0) is 9.53 Å². The Morgan fingerprint density at radius 2 is 2.15 bits per heavy atom. The largest absolute Gasteiger partial charge is 0.379 e. The van der Waals surface area contributed by atoms with E-state index in [0.29, 0.717) is 37.0 Å². The van der Waals surface area contributed by atoms with Crippen molar-refractivity contribution in [3.8, 4) is 0 Å². The molecular formula is C17H21N5O3S. The second-order valence-corrected chi connectivity index (χ2v) is 7.00. The van der Waals surface area contributed by atoms with Crippen molar-refractivity contribution in [2.75, 3.05) is 39.4 Å². The standard InChI is InChI=1S/C17H21N5O3S/c1-2-7-22-16(24)14(12-21-8-10-25-11-9-21)26-17(22)20-19-15(23)13-3-5-18-6-4-13/h2-6,14H,1,7-12H2,(H,19,23)/b20-17-/t14-/m0/s1. The first-order chi connectivity index (χ1) is 12.7. The summed E-state index contributed by atoms with van der Waals surface area (Å²) in [6.45, 7) is 7.69. The van der Waals surface area contributed by atoms with Gasteiger partial charge in [-0.05, 0) is 12.1 Å². The van der Waals surface area contributed by atoms with Crippen LogP contribution in [0.1, 0.15) is 10.4 Å². The highest BCUT2D eigenvalue weighted by Crippen LogP contribution is 2.28. The minimum atomic E-state index is -0.344. The Bertz CT molecular complexity index is 691. The molecule has 9 heteroatoms. The van der Waals surface area contributed by atoms with E-state index in [4.69, 9.17) is 4.74 Å². The molecule has 2 fully saturated rings. The summed E-state index contributed by atoms with van der Waals surface area (Å²) in [6.07, 6.45) is 4.73. The summed E-state index contributed by atoms with van der Waals surface area (Å²) in [4.78, 5) is 32.5. The Kier molecular flexibility index (Phi) is 6.37. The lowest BCUT2D eigenvalue weighted by atomic mass is 10.3. The number of amides is 2. The normalized spacial score (nSPS) is 22.6. The van der Waals surface area contributed by atoms with Crippen LogP contribution in [0, 0.1) is 0 Å². The molecule has 0 radical (unpaired) electrons. The smallest absolute Gasteiger partial charge is 0.271 e. The van der Waals surface area contributed by atoms with Crippen molar-refractivity contribution in [3.05, 3.63) is 42.7 Å². The number of hydrogen-bond donors (Lipinski definition) is 1. The van der Waals surface area contributed by atoms with E-state index in [1.54, 1.807) is 23.1 Å². The Balaban J connectivity index is 1.67. The molecule has 3 rings (SSSR count). The van der Waals surface area contributed by atoms with Crippen LogP contribution < -0.4 is 5.43 Å². The predicted molar refractivity (Wildman–Crippen MR) is 99.7 cm³/mol. The summed E-state index contributed by atoms with van der Waals surface area (Å²) in [5.41, 5.74) is 2.97. The van der Waals surface area contributed by atoms with Crippen molar-refractivity contribution >= 4 is 28.7 Å². The number of thioether (sulfide) groups is 1. The topological polar surface area (TPSA) is 87.1 Å². The summed E-state index contributed by atoms with van der Waals surface area (Å²) >= 11 is 1.37. The maximum atomic E-state index is 12.7. The van der Waals surface area contributed by atoms with Crippen LogP contribution in [0.3, 0.4) is 0 Å². The lowest BCUT2D eigenvalue weighted by Crippen LogP contribution is -2.43. The van der Waals surface area contributed by atoms with Gasteiger partial charge in [-0.3, -0.25) is 24.4 Å². The van der Waals surface area contributed by atoms with E-state index in [1.807, 2.05) is 0 Å². The number of aromatic nitrogens is 1. The number of amidine groups is 1. The average Bonchev–Trinajstić information content (AvgIpc) is 2.97.